The van der Waals surface area contributed by atoms with Gasteiger partial charge >= 0.3 is 5.97 Å². The van der Waals surface area contributed by atoms with Crippen LogP contribution in [0.15, 0.2) is 41.0 Å². The van der Waals surface area contributed by atoms with Crippen LogP contribution in [-0.4, -0.2) is 46.8 Å². The molecular weight excluding hydrogens is 284 g/mol. The standard InChI is InChI=1S/C16H18N2O4/c1-21-16(20)14-7-13(19)9-18(14)8-12-10-22-15(17-12)11-5-3-2-4-6-11/h2-6,10,13-14,19H,7-9H2,1H3/t13-,14+/m1/s1. The third-order valence-corrected chi connectivity index (χ3v) is 3.79. The molecule has 1 aliphatic rings. The highest BCUT2D eigenvalue weighted by Gasteiger charge is 2.37. The predicted octanol–water partition coefficient (Wildman–Crippen LogP) is 1.45. The lowest BCUT2D eigenvalue weighted by atomic mass is 10.2. The van der Waals surface area contributed by atoms with Crippen LogP contribution >= 0.6 is 0 Å². The molecule has 0 unspecified atom stereocenters. The minimum atomic E-state index is -0.524. The zero-order chi connectivity index (χ0) is 15.5. The lowest BCUT2D eigenvalue weighted by Gasteiger charge is -2.20. The van der Waals surface area contributed by atoms with Crippen molar-refractivity contribution in [3.8, 4) is 11.5 Å². The SMILES string of the molecule is COC(=O)[C@@H]1C[C@@H](O)CN1Cc1coc(-c2ccccc2)n1. The highest BCUT2D eigenvalue weighted by molar-refractivity contribution is 5.76. The second-order valence-electron chi connectivity index (χ2n) is 5.37. The van der Waals surface area contributed by atoms with Crippen LogP contribution in [-0.2, 0) is 16.1 Å². The first-order chi connectivity index (χ1) is 10.7. The molecule has 6 nitrogen and oxygen atoms in total. The second kappa shape index (κ2) is 6.29. The Morgan fingerprint density at radius 2 is 2.23 bits per heavy atom. The van der Waals surface area contributed by atoms with Crippen LogP contribution in [0.3, 0.4) is 0 Å². The number of oxazole rings is 1. The number of rotatable bonds is 4. The summed E-state index contributed by atoms with van der Waals surface area (Å²) in [7, 11) is 1.36. The summed E-state index contributed by atoms with van der Waals surface area (Å²) < 4.78 is 10.3. The Bertz CT molecular complexity index is 641. The van der Waals surface area contributed by atoms with Crippen molar-refractivity contribution in [3.05, 3.63) is 42.3 Å². The van der Waals surface area contributed by atoms with Gasteiger partial charge in [-0.25, -0.2) is 4.98 Å². The molecule has 1 N–H and O–H groups in total. The molecular formula is C16H18N2O4. The third kappa shape index (κ3) is 3.03. The summed E-state index contributed by atoms with van der Waals surface area (Å²) in [5.74, 6) is 0.216. The van der Waals surface area contributed by atoms with Crippen molar-refractivity contribution in [2.24, 2.45) is 0 Å². The van der Waals surface area contributed by atoms with Gasteiger partial charge in [-0.3, -0.25) is 9.69 Å². The van der Waals surface area contributed by atoms with Gasteiger partial charge in [0, 0.05) is 25.1 Å². The molecule has 0 aliphatic carbocycles. The number of benzene rings is 1. The molecule has 1 aromatic heterocycles. The summed E-state index contributed by atoms with van der Waals surface area (Å²) in [5, 5.41) is 9.78. The zero-order valence-corrected chi connectivity index (χ0v) is 12.3. The number of hydrogen-bond acceptors (Lipinski definition) is 6. The number of esters is 1. The summed E-state index contributed by atoms with van der Waals surface area (Å²) in [6.45, 7) is 0.862. The van der Waals surface area contributed by atoms with Crippen LogP contribution in [0.4, 0.5) is 0 Å². The van der Waals surface area contributed by atoms with Crippen LogP contribution in [0.5, 0.6) is 0 Å². The van der Waals surface area contributed by atoms with Gasteiger partial charge in [0.1, 0.15) is 12.3 Å². The van der Waals surface area contributed by atoms with E-state index in [-0.39, 0.29) is 5.97 Å². The number of hydrogen-bond donors (Lipinski definition) is 1. The number of carbonyl (C=O) groups is 1. The number of ether oxygens (including phenoxy) is 1. The lowest BCUT2D eigenvalue weighted by Crippen LogP contribution is -2.36. The van der Waals surface area contributed by atoms with Gasteiger partial charge in [0.05, 0.1) is 18.9 Å². The van der Waals surface area contributed by atoms with Gasteiger partial charge in [-0.15, -0.1) is 0 Å². The van der Waals surface area contributed by atoms with Crippen LogP contribution in [0.2, 0.25) is 0 Å². The van der Waals surface area contributed by atoms with Crippen LogP contribution < -0.4 is 0 Å². The minimum absolute atomic E-state index is 0.330. The lowest BCUT2D eigenvalue weighted by molar-refractivity contribution is -0.146. The van der Waals surface area contributed by atoms with Gasteiger partial charge in [0.2, 0.25) is 5.89 Å². The minimum Gasteiger partial charge on any atom is -0.468 e. The molecule has 0 bridgehead atoms. The van der Waals surface area contributed by atoms with Gasteiger partial charge in [0.15, 0.2) is 0 Å². The fraction of sp³-hybridized carbons (Fsp3) is 0.375. The van der Waals surface area contributed by atoms with Crippen LogP contribution in [0.25, 0.3) is 11.5 Å². The Morgan fingerprint density at radius 3 is 2.95 bits per heavy atom. The molecule has 0 radical (unpaired) electrons. The van der Waals surface area contributed by atoms with E-state index in [1.807, 2.05) is 35.2 Å². The van der Waals surface area contributed by atoms with Crippen molar-refractivity contribution in [1.82, 2.24) is 9.88 Å². The number of aliphatic hydroxyl groups excluding tert-OH is 1. The molecule has 1 aromatic carbocycles. The Labute approximate surface area is 128 Å². The van der Waals surface area contributed by atoms with E-state index in [1.165, 1.54) is 7.11 Å². The summed E-state index contributed by atoms with van der Waals surface area (Å²) in [6.07, 6.45) is 1.45. The normalized spacial score (nSPS) is 21.9. The first-order valence-electron chi connectivity index (χ1n) is 7.17. The van der Waals surface area contributed by atoms with Crippen molar-refractivity contribution in [2.75, 3.05) is 13.7 Å². The van der Waals surface area contributed by atoms with Crippen molar-refractivity contribution >= 4 is 5.97 Å². The first-order valence-corrected chi connectivity index (χ1v) is 7.17. The molecule has 0 amide bonds. The van der Waals surface area contributed by atoms with E-state index >= 15 is 0 Å². The fourth-order valence-electron chi connectivity index (χ4n) is 2.74. The smallest absolute Gasteiger partial charge is 0.323 e. The van der Waals surface area contributed by atoms with E-state index in [0.717, 1.165) is 11.3 Å². The van der Waals surface area contributed by atoms with Crippen molar-refractivity contribution in [3.63, 3.8) is 0 Å². The number of β-amino-alcohol motifs (C(OH)–C–C–N with tert-alkyl or cyclic N) is 1. The average Bonchev–Trinajstić information content (AvgIpc) is 3.14. The maximum absolute atomic E-state index is 11.8. The van der Waals surface area contributed by atoms with Gasteiger partial charge in [-0.2, -0.15) is 0 Å². The number of nitrogens with zero attached hydrogens (tertiary/aromatic N) is 2. The molecule has 2 atom stereocenters. The summed E-state index contributed by atoms with van der Waals surface area (Å²) in [6, 6.07) is 9.18. The number of aromatic nitrogens is 1. The Balaban J connectivity index is 1.73. The second-order valence-corrected chi connectivity index (χ2v) is 5.37. The molecule has 22 heavy (non-hydrogen) atoms. The zero-order valence-electron chi connectivity index (χ0n) is 12.3. The largest absolute Gasteiger partial charge is 0.468 e. The molecule has 0 spiro atoms. The average molecular weight is 302 g/mol. The topological polar surface area (TPSA) is 75.8 Å². The monoisotopic (exact) mass is 302 g/mol. The summed E-state index contributed by atoms with van der Waals surface area (Å²) in [4.78, 5) is 18.1. The number of likely N-dealkylation sites (tertiary alicyclic amines) is 1. The molecule has 1 fully saturated rings. The number of carbonyl (C=O) groups excluding carboxylic acids is 1. The van der Waals surface area contributed by atoms with E-state index in [0.29, 0.717) is 25.4 Å². The molecule has 2 aromatic rings. The molecule has 6 heteroatoms. The van der Waals surface area contributed by atoms with E-state index in [4.69, 9.17) is 9.15 Å². The summed E-state index contributed by atoms with van der Waals surface area (Å²) in [5.41, 5.74) is 1.63. The van der Waals surface area contributed by atoms with E-state index < -0.39 is 12.1 Å². The van der Waals surface area contributed by atoms with Gasteiger partial charge < -0.3 is 14.3 Å². The third-order valence-electron chi connectivity index (χ3n) is 3.79. The van der Waals surface area contributed by atoms with Gasteiger partial charge in [-0.05, 0) is 12.1 Å². The van der Waals surface area contributed by atoms with E-state index in [1.54, 1.807) is 6.26 Å². The molecule has 1 saturated heterocycles. The maximum atomic E-state index is 11.8. The molecule has 1 aliphatic heterocycles. The predicted molar refractivity (Wildman–Crippen MR) is 78.8 cm³/mol. The van der Waals surface area contributed by atoms with E-state index in [9.17, 15) is 9.90 Å². The van der Waals surface area contributed by atoms with Gasteiger partial charge in [0.25, 0.3) is 0 Å². The molecule has 116 valence electrons. The van der Waals surface area contributed by atoms with Gasteiger partial charge in [-0.1, -0.05) is 18.2 Å². The first kappa shape index (κ1) is 14.7. The Morgan fingerprint density at radius 1 is 1.45 bits per heavy atom. The molecule has 2 heterocycles. The van der Waals surface area contributed by atoms with Crippen LogP contribution in [0.1, 0.15) is 12.1 Å². The van der Waals surface area contributed by atoms with Crippen LogP contribution in [0, 0.1) is 0 Å². The van der Waals surface area contributed by atoms with Crippen molar-refractivity contribution in [2.45, 2.75) is 25.1 Å². The Hall–Kier alpha value is -2.18. The van der Waals surface area contributed by atoms with E-state index in [2.05, 4.69) is 4.98 Å². The van der Waals surface area contributed by atoms with Crippen molar-refractivity contribution < 1.29 is 19.1 Å². The van der Waals surface area contributed by atoms with Crippen molar-refractivity contribution in [1.29, 1.82) is 0 Å². The number of aliphatic hydroxyl groups is 1. The highest BCUT2D eigenvalue weighted by atomic mass is 16.5. The molecule has 3 rings (SSSR count). The molecule has 0 saturated carbocycles. The fourth-order valence-corrected chi connectivity index (χ4v) is 2.74. The Kier molecular flexibility index (Phi) is 4.22. The highest BCUT2D eigenvalue weighted by Crippen LogP contribution is 2.23. The number of methoxy groups -OCH3 is 1. The summed E-state index contributed by atoms with van der Waals surface area (Å²) >= 11 is 0. The quantitative estimate of drug-likeness (QED) is 0.862. The maximum Gasteiger partial charge on any atom is 0.323 e.